The lowest BCUT2D eigenvalue weighted by Crippen LogP contribution is -2.45. The summed E-state index contributed by atoms with van der Waals surface area (Å²) in [5.41, 5.74) is 0. The van der Waals surface area contributed by atoms with Crippen molar-refractivity contribution in [1.29, 1.82) is 0 Å². The average molecular weight is 963 g/mol. The molecule has 0 saturated heterocycles. The number of nitrogens with one attached hydrogen (secondary N) is 1. The first kappa shape index (κ1) is 66.9. The Morgan fingerprint density at radius 1 is 0.353 bits per heavy atom. The first-order valence-corrected chi connectivity index (χ1v) is 31.3. The minimum Gasteiger partial charge on any atom is -0.466 e. The third kappa shape index (κ3) is 54.2. The summed E-state index contributed by atoms with van der Waals surface area (Å²) in [7, 11) is 0. The van der Waals surface area contributed by atoms with Crippen molar-refractivity contribution in [3.05, 3.63) is 0 Å². The zero-order chi connectivity index (χ0) is 49.3. The molecule has 0 aliphatic carbocycles. The molecule has 1 amide bonds. The van der Waals surface area contributed by atoms with Crippen LogP contribution < -0.4 is 5.32 Å². The number of hydrogen-bond acceptors (Lipinski definition) is 5. The van der Waals surface area contributed by atoms with Crippen LogP contribution in [-0.4, -0.2) is 47.4 Å². The van der Waals surface area contributed by atoms with Gasteiger partial charge in [-0.1, -0.05) is 322 Å². The summed E-state index contributed by atoms with van der Waals surface area (Å²) in [4.78, 5) is 24.5. The Bertz CT molecular complexity index is 975. The molecule has 0 radical (unpaired) electrons. The molecular formula is C62H123NO5. The molecule has 406 valence electrons. The van der Waals surface area contributed by atoms with Crippen LogP contribution in [-0.2, 0) is 14.3 Å². The number of carbonyl (C=O) groups is 2. The van der Waals surface area contributed by atoms with Gasteiger partial charge in [0.05, 0.1) is 25.4 Å². The number of carbonyl (C=O) groups excluding carboxylic acids is 2. The Morgan fingerprint density at radius 2 is 0.603 bits per heavy atom. The van der Waals surface area contributed by atoms with E-state index in [-0.39, 0.29) is 18.5 Å². The van der Waals surface area contributed by atoms with Gasteiger partial charge >= 0.3 is 5.97 Å². The zero-order valence-electron chi connectivity index (χ0n) is 46.4. The molecule has 0 fully saturated rings. The summed E-state index contributed by atoms with van der Waals surface area (Å²) in [5.74, 6) is -0.0158. The molecule has 0 rings (SSSR count). The van der Waals surface area contributed by atoms with Gasteiger partial charge in [0.15, 0.2) is 0 Å². The van der Waals surface area contributed by atoms with E-state index in [1.807, 2.05) is 0 Å². The van der Waals surface area contributed by atoms with Crippen LogP contribution in [0.25, 0.3) is 0 Å². The fourth-order valence-electron chi connectivity index (χ4n) is 10.1. The lowest BCUT2D eigenvalue weighted by molar-refractivity contribution is -0.143. The number of esters is 1. The lowest BCUT2D eigenvalue weighted by atomic mass is 10.0. The highest BCUT2D eigenvalue weighted by Crippen LogP contribution is 2.19. The standard InChI is InChI=1S/C62H123NO5/c1-3-5-7-9-11-13-15-17-18-27-31-34-38-42-46-50-54-60(65)59(58-64)63-61(66)55-51-47-43-39-35-32-28-25-23-21-19-20-22-24-26-29-33-37-41-45-49-53-57-68-62(67)56-52-48-44-40-36-30-16-14-12-10-8-6-4-2/h59-60,64-65H,3-58H2,1-2H3,(H,63,66). The minimum absolute atomic E-state index is 0.0159. The van der Waals surface area contributed by atoms with Gasteiger partial charge in [-0.15, -0.1) is 0 Å². The van der Waals surface area contributed by atoms with Gasteiger partial charge < -0.3 is 20.3 Å². The number of aliphatic hydroxyl groups is 2. The van der Waals surface area contributed by atoms with Crippen molar-refractivity contribution in [2.45, 2.75) is 373 Å². The number of aliphatic hydroxyl groups excluding tert-OH is 2. The van der Waals surface area contributed by atoms with E-state index in [0.717, 1.165) is 38.5 Å². The fraction of sp³-hybridized carbons (Fsp3) is 0.968. The molecule has 68 heavy (non-hydrogen) atoms. The molecule has 2 atom stereocenters. The molecular weight excluding hydrogens is 839 g/mol. The summed E-state index contributed by atoms with van der Waals surface area (Å²) in [6, 6.07) is -0.540. The molecule has 0 heterocycles. The van der Waals surface area contributed by atoms with Crippen molar-refractivity contribution in [1.82, 2.24) is 5.32 Å². The predicted octanol–water partition coefficient (Wildman–Crippen LogP) is 19.5. The highest BCUT2D eigenvalue weighted by atomic mass is 16.5. The molecule has 2 unspecified atom stereocenters. The second-order valence-corrected chi connectivity index (χ2v) is 21.8. The summed E-state index contributed by atoms with van der Waals surface area (Å²) in [5, 5.41) is 23.3. The molecule has 6 nitrogen and oxygen atoms in total. The van der Waals surface area contributed by atoms with E-state index in [1.165, 1.54) is 289 Å². The van der Waals surface area contributed by atoms with Crippen LogP contribution in [0.3, 0.4) is 0 Å². The Labute approximate surface area is 426 Å². The van der Waals surface area contributed by atoms with E-state index < -0.39 is 12.1 Å². The smallest absolute Gasteiger partial charge is 0.305 e. The van der Waals surface area contributed by atoms with E-state index in [4.69, 9.17) is 4.74 Å². The molecule has 0 spiro atoms. The van der Waals surface area contributed by atoms with E-state index >= 15 is 0 Å². The van der Waals surface area contributed by atoms with Crippen LogP contribution in [0.5, 0.6) is 0 Å². The van der Waals surface area contributed by atoms with Crippen LogP contribution in [0, 0.1) is 0 Å². The van der Waals surface area contributed by atoms with Gasteiger partial charge in [-0.2, -0.15) is 0 Å². The molecule has 0 saturated carbocycles. The van der Waals surface area contributed by atoms with Gasteiger partial charge in [0.1, 0.15) is 0 Å². The van der Waals surface area contributed by atoms with Crippen LogP contribution in [0.4, 0.5) is 0 Å². The Balaban J connectivity index is 3.36. The largest absolute Gasteiger partial charge is 0.466 e. The van der Waals surface area contributed by atoms with Gasteiger partial charge in [-0.05, 0) is 25.7 Å². The van der Waals surface area contributed by atoms with E-state index in [2.05, 4.69) is 19.2 Å². The van der Waals surface area contributed by atoms with Crippen molar-refractivity contribution >= 4 is 11.9 Å². The second-order valence-electron chi connectivity index (χ2n) is 21.8. The molecule has 0 aliphatic heterocycles. The minimum atomic E-state index is -0.663. The number of hydrogen-bond donors (Lipinski definition) is 3. The predicted molar refractivity (Wildman–Crippen MR) is 297 cm³/mol. The number of amides is 1. The number of unbranched alkanes of at least 4 members (excludes halogenated alkanes) is 48. The molecule has 0 aliphatic rings. The van der Waals surface area contributed by atoms with Crippen LogP contribution in [0.2, 0.25) is 0 Å². The van der Waals surface area contributed by atoms with Gasteiger partial charge in [0, 0.05) is 12.8 Å². The Morgan fingerprint density at radius 3 is 0.897 bits per heavy atom. The first-order valence-electron chi connectivity index (χ1n) is 31.3. The second kappa shape index (κ2) is 58.4. The van der Waals surface area contributed by atoms with Gasteiger partial charge in [-0.25, -0.2) is 0 Å². The van der Waals surface area contributed by atoms with Crippen molar-refractivity contribution in [2.24, 2.45) is 0 Å². The van der Waals surface area contributed by atoms with Crippen LogP contribution in [0.1, 0.15) is 361 Å². The zero-order valence-corrected chi connectivity index (χ0v) is 46.4. The highest BCUT2D eigenvalue weighted by Gasteiger charge is 2.20. The van der Waals surface area contributed by atoms with E-state index in [0.29, 0.717) is 25.9 Å². The van der Waals surface area contributed by atoms with Crippen molar-refractivity contribution in [2.75, 3.05) is 13.2 Å². The normalized spacial score (nSPS) is 12.5. The summed E-state index contributed by atoms with van der Waals surface area (Å²) < 4.78 is 5.48. The third-order valence-corrected chi connectivity index (χ3v) is 14.9. The monoisotopic (exact) mass is 962 g/mol. The average Bonchev–Trinajstić information content (AvgIpc) is 3.34. The Hall–Kier alpha value is -1.14. The van der Waals surface area contributed by atoms with Crippen LogP contribution >= 0.6 is 0 Å². The Kier molecular flexibility index (Phi) is 57.5. The fourth-order valence-corrected chi connectivity index (χ4v) is 10.1. The number of ether oxygens (including phenoxy) is 1. The maximum absolute atomic E-state index is 12.5. The first-order chi connectivity index (χ1) is 33.5. The summed E-state index contributed by atoms with van der Waals surface area (Å²) in [6.07, 6.45) is 68.2. The van der Waals surface area contributed by atoms with Crippen molar-refractivity contribution in [3.63, 3.8) is 0 Å². The third-order valence-electron chi connectivity index (χ3n) is 14.9. The van der Waals surface area contributed by atoms with Crippen LogP contribution in [0.15, 0.2) is 0 Å². The molecule has 0 aromatic carbocycles. The van der Waals surface area contributed by atoms with Gasteiger partial charge in [0.2, 0.25) is 5.91 Å². The molecule has 0 aromatic rings. The topological polar surface area (TPSA) is 95.9 Å². The number of rotatable bonds is 59. The van der Waals surface area contributed by atoms with Gasteiger partial charge in [0.25, 0.3) is 0 Å². The van der Waals surface area contributed by atoms with Gasteiger partial charge in [-0.3, -0.25) is 9.59 Å². The molecule has 0 aromatic heterocycles. The maximum atomic E-state index is 12.5. The maximum Gasteiger partial charge on any atom is 0.305 e. The van der Waals surface area contributed by atoms with Crippen molar-refractivity contribution < 1.29 is 24.5 Å². The SMILES string of the molecule is CCCCCCCCCCCCCCCCCCC(O)C(CO)NC(=O)CCCCCCCCCCCCCCCCCCCCCCCCOC(=O)CCCCCCCCCCCCCCC. The molecule has 0 bridgehead atoms. The van der Waals surface area contributed by atoms with E-state index in [1.54, 1.807) is 0 Å². The molecule has 6 heteroatoms. The lowest BCUT2D eigenvalue weighted by Gasteiger charge is -2.22. The quantitative estimate of drug-likeness (QED) is 0.0417. The van der Waals surface area contributed by atoms with Crippen molar-refractivity contribution in [3.8, 4) is 0 Å². The van der Waals surface area contributed by atoms with E-state index in [9.17, 15) is 19.8 Å². The molecule has 3 N–H and O–H groups in total. The highest BCUT2D eigenvalue weighted by molar-refractivity contribution is 5.76. The summed E-state index contributed by atoms with van der Waals surface area (Å²) >= 11 is 0. The summed E-state index contributed by atoms with van der Waals surface area (Å²) in [6.45, 7) is 4.98.